The van der Waals surface area contributed by atoms with Gasteiger partial charge in [0.15, 0.2) is 0 Å². The number of carbonyl (C=O) groups excluding carboxylic acids is 4. The molecule has 0 N–H and O–H groups in total. The van der Waals surface area contributed by atoms with E-state index in [4.69, 9.17) is 17.0 Å². The van der Waals surface area contributed by atoms with Crippen molar-refractivity contribution in [2.45, 2.75) is 27.7 Å². The standard InChI is InChI=1S/C20H20I2O9/c1-13(23)28-21(29-14(2)24)17-9-5-7-11-19(17)27-20-12-8-6-10-18(20)22(30-15(3)25)31-16(4)26/h5-12H,1-4H3. The summed E-state index contributed by atoms with van der Waals surface area (Å²) in [6.45, 7) is 4.90. The van der Waals surface area contributed by atoms with Crippen molar-refractivity contribution in [3.63, 3.8) is 0 Å². The van der Waals surface area contributed by atoms with Crippen LogP contribution in [0, 0.1) is 7.14 Å². The van der Waals surface area contributed by atoms with Crippen molar-refractivity contribution >= 4 is 65.2 Å². The number of ether oxygens (including phenoxy) is 1. The van der Waals surface area contributed by atoms with Gasteiger partial charge in [-0.25, -0.2) is 0 Å². The Labute approximate surface area is 195 Å². The Balaban J connectivity index is 2.46. The van der Waals surface area contributed by atoms with Gasteiger partial charge in [0.2, 0.25) is 0 Å². The molecular weight excluding hydrogens is 638 g/mol. The van der Waals surface area contributed by atoms with E-state index in [-0.39, 0.29) is 0 Å². The van der Waals surface area contributed by atoms with Gasteiger partial charge < -0.3 is 0 Å². The summed E-state index contributed by atoms with van der Waals surface area (Å²) in [4.78, 5) is 46.1. The molecule has 2 rings (SSSR count). The summed E-state index contributed by atoms with van der Waals surface area (Å²) in [5, 5.41) is 0. The predicted molar refractivity (Wildman–Crippen MR) is 125 cm³/mol. The predicted octanol–water partition coefficient (Wildman–Crippen LogP) is 4.74. The van der Waals surface area contributed by atoms with Crippen LogP contribution in [0.4, 0.5) is 0 Å². The van der Waals surface area contributed by atoms with Crippen molar-refractivity contribution in [3.8, 4) is 11.5 Å². The van der Waals surface area contributed by atoms with Gasteiger partial charge in [0.05, 0.1) is 0 Å². The molecule has 9 nitrogen and oxygen atoms in total. The van der Waals surface area contributed by atoms with Crippen molar-refractivity contribution < 1.29 is 36.2 Å². The van der Waals surface area contributed by atoms with Crippen molar-refractivity contribution in [2.75, 3.05) is 0 Å². The second-order valence-electron chi connectivity index (χ2n) is 5.67. The van der Waals surface area contributed by atoms with Gasteiger partial charge in [0.25, 0.3) is 0 Å². The number of hydrogen-bond donors (Lipinski definition) is 0. The van der Waals surface area contributed by atoms with Crippen molar-refractivity contribution in [3.05, 3.63) is 55.7 Å². The summed E-state index contributed by atoms with van der Waals surface area (Å²) in [6.07, 6.45) is 0. The zero-order valence-corrected chi connectivity index (χ0v) is 21.4. The topological polar surface area (TPSA) is 114 Å². The second kappa shape index (κ2) is 11.8. The second-order valence-corrected chi connectivity index (χ2v) is 12.2. The van der Waals surface area contributed by atoms with Crippen LogP contribution in [-0.2, 0) is 31.4 Å². The molecule has 0 aliphatic carbocycles. The Morgan fingerprint density at radius 1 is 0.548 bits per heavy atom. The van der Waals surface area contributed by atoms with Crippen LogP contribution >= 0.6 is 41.3 Å². The monoisotopic (exact) mass is 658 g/mol. The van der Waals surface area contributed by atoms with Crippen molar-refractivity contribution in [1.82, 2.24) is 0 Å². The first-order valence-corrected chi connectivity index (χ1v) is 14.4. The quantitative estimate of drug-likeness (QED) is 0.371. The van der Waals surface area contributed by atoms with Gasteiger partial charge in [-0.3, -0.25) is 0 Å². The summed E-state index contributed by atoms with van der Waals surface area (Å²) >= 11 is -6.33. The van der Waals surface area contributed by atoms with E-state index in [1.807, 2.05) is 0 Å². The van der Waals surface area contributed by atoms with Gasteiger partial charge >= 0.3 is 196 Å². The minimum atomic E-state index is -3.17. The van der Waals surface area contributed by atoms with Crippen molar-refractivity contribution in [2.24, 2.45) is 0 Å². The van der Waals surface area contributed by atoms with E-state index < -0.39 is 65.2 Å². The molecule has 0 spiro atoms. The molecule has 0 aliphatic rings. The van der Waals surface area contributed by atoms with E-state index in [2.05, 4.69) is 0 Å². The molecule has 0 fully saturated rings. The fourth-order valence-corrected chi connectivity index (χ4v) is 7.85. The maximum absolute atomic E-state index is 11.5. The number of rotatable bonds is 8. The van der Waals surface area contributed by atoms with Crippen LogP contribution in [0.1, 0.15) is 27.7 Å². The molecule has 2 aromatic rings. The van der Waals surface area contributed by atoms with Crippen LogP contribution in [0.5, 0.6) is 11.5 Å². The summed E-state index contributed by atoms with van der Waals surface area (Å²) in [5.74, 6) is -1.74. The van der Waals surface area contributed by atoms with E-state index in [9.17, 15) is 19.2 Å². The maximum atomic E-state index is 11.5. The van der Waals surface area contributed by atoms with Gasteiger partial charge in [-0.15, -0.1) is 0 Å². The third kappa shape index (κ3) is 7.97. The molecule has 0 saturated carbocycles. The van der Waals surface area contributed by atoms with E-state index in [1.54, 1.807) is 48.5 Å². The molecule has 168 valence electrons. The summed E-state index contributed by atoms with van der Waals surface area (Å²) in [6, 6.07) is 13.3. The summed E-state index contributed by atoms with van der Waals surface area (Å²) in [5.41, 5.74) is 0. The average Bonchev–Trinajstić information content (AvgIpc) is 2.66. The fourth-order valence-electron chi connectivity index (χ4n) is 2.02. The van der Waals surface area contributed by atoms with E-state index >= 15 is 0 Å². The summed E-state index contributed by atoms with van der Waals surface area (Å²) in [7, 11) is 0. The molecule has 2 aromatic carbocycles. The molecule has 0 unspecified atom stereocenters. The molecule has 31 heavy (non-hydrogen) atoms. The Morgan fingerprint density at radius 3 is 1.13 bits per heavy atom. The Hall–Kier alpha value is -2.42. The molecule has 0 amide bonds. The number of para-hydroxylation sites is 2. The van der Waals surface area contributed by atoms with Crippen LogP contribution in [0.15, 0.2) is 48.5 Å². The zero-order valence-electron chi connectivity index (χ0n) is 17.0. The van der Waals surface area contributed by atoms with Crippen LogP contribution < -0.4 is 4.74 Å². The molecular formula is C20H20I2O9. The first kappa shape index (κ1) is 24.8. The fraction of sp³-hybridized carbons (Fsp3) is 0.200. The van der Waals surface area contributed by atoms with Crippen LogP contribution in [0.3, 0.4) is 0 Å². The SMILES string of the molecule is CC(=O)OI(OC(C)=O)c1ccccc1Oc1ccccc1I(OC(C)=O)OC(C)=O. The third-order valence-corrected chi connectivity index (χ3v) is 10.7. The first-order valence-electron chi connectivity index (χ1n) is 8.69. The average molecular weight is 658 g/mol. The van der Waals surface area contributed by atoms with E-state index in [0.29, 0.717) is 18.6 Å². The number of hydrogen-bond acceptors (Lipinski definition) is 9. The van der Waals surface area contributed by atoms with Gasteiger partial charge in [-0.05, 0) is 0 Å². The van der Waals surface area contributed by atoms with Crippen LogP contribution in [-0.4, -0.2) is 23.9 Å². The minimum absolute atomic E-state index is 0.295. The van der Waals surface area contributed by atoms with Crippen molar-refractivity contribution in [1.29, 1.82) is 0 Å². The Morgan fingerprint density at radius 2 is 0.839 bits per heavy atom. The van der Waals surface area contributed by atoms with Gasteiger partial charge in [-0.1, -0.05) is 0 Å². The molecule has 0 radical (unpaired) electrons. The van der Waals surface area contributed by atoms with Crippen LogP contribution in [0.2, 0.25) is 0 Å². The summed E-state index contributed by atoms with van der Waals surface area (Å²) < 4.78 is 28.0. The molecule has 0 aromatic heterocycles. The molecule has 0 heterocycles. The Bertz CT molecular complexity index is 867. The van der Waals surface area contributed by atoms with Gasteiger partial charge in [-0.2, -0.15) is 0 Å². The third-order valence-electron chi connectivity index (χ3n) is 2.94. The van der Waals surface area contributed by atoms with Gasteiger partial charge in [0, 0.05) is 0 Å². The van der Waals surface area contributed by atoms with Gasteiger partial charge in [0.1, 0.15) is 0 Å². The number of carbonyl (C=O) groups is 4. The van der Waals surface area contributed by atoms with Crippen LogP contribution in [0.25, 0.3) is 0 Å². The molecule has 0 bridgehead atoms. The molecule has 11 heteroatoms. The molecule has 0 aliphatic heterocycles. The number of benzene rings is 2. The zero-order chi connectivity index (χ0) is 23.0. The molecule has 0 saturated heterocycles. The molecule has 0 atom stereocenters. The normalized spacial score (nSPS) is 11.0. The van der Waals surface area contributed by atoms with E-state index in [1.165, 1.54) is 27.7 Å². The number of halogens is 2. The van der Waals surface area contributed by atoms with E-state index in [0.717, 1.165) is 0 Å². The first-order chi connectivity index (χ1) is 14.7. The Kier molecular flexibility index (Phi) is 9.48.